The molecule has 1 saturated heterocycles. The van der Waals surface area contributed by atoms with Crippen molar-refractivity contribution in [2.75, 3.05) is 26.7 Å². The number of aliphatic imine (C=N–C) groups is 1. The molecule has 0 bridgehead atoms. The summed E-state index contributed by atoms with van der Waals surface area (Å²) in [5, 5.41) is 16.4. The fourth-order valence-corrected chi connectivity index (χ4v) is 4.29. The van der Waals surface area contributed by atoms with Crippen molar-refractivity contribution in [1.29, 1.82) is 0 Å². The van der Waals surface area contributed by atoms with Gasteiger partial charge in [0, 0.05) is 45.2 Å². The Morgan fingerprint density at radius 3 is 2.41 bits per heavy atom. The number of likely N-dealkylation sites (tertiary alicyclic amines) is 1. The molecule has 4 rings (SSSR count). The maximum Gasteiger partial charge on any atom is 0.191 e. The van der Waals surface area contributed by atoms with E-state index < -0.39 is 0 Å². The van der Waals surface area contributed by atoms with Crippen LogP contribution < -0.4 is 10.6 Å². The Bertz CT molecular complexity index is 893. The number of aliphatic hydroxyl groups excluding tert-OH is 1. The topological polar surface area (TPSA) is 59.9 Å². The number of benzene rings is 2. The summed E-state index contributed by atoms with van der Waals surface area (Å²) in [4.78, 5) is 6.74. The Morgan fingerprint density at radius 2 is 1.78 bits per heavy atom. The van der Waals surface area contributed by atoms with Gasteiger partial charge in [0.15, 0.2) is 5.96 Å². The molecule has 0 spiro atoms. The van der Waals surface area contributed by atoms with E-state index in [-0.39, 0.29) is 41.3 Å². The third kappa shape index (κ3) is 6.65. The number of hydrogen-bond donors (Lipinski definition) is 3. The zero-order valence-electron chi connectivity index (χ0n) is 18.7. The average Bonchev–Trinajstić information content (AvgIpc) is 3.58. The van der Waals surface area contributed by atoms with E-state index in [2.05, 4.69) is 44.8 Å². The van der Waals surface area contributed by atoms with Crippen LogP contribution in [0.15, 0.2) is 53.5 Å². The van der Waals surface area contributed by atoms with Crippen LogP contribution in [0.25, 0.3) is 0 Å². The highest BCUT2D eigenvalue weighted by molar-refractivity contribution is 14.0. The molecule has 0 amide bonds. The molecule has 3 N–H and O–H groups in total. The first-order valence-corrected chi connectivity index (χ1v) is 11.3. The first-order valence-electron chi connectivity index (χ1n) is 11.3. The molecule has 32 heavy (non-hydrogen) atoms. The lowest BCUT2D eigenvalue weighted by atomic mass is 9.96. The van der Waals surface area contributed by atoms with Gasteiger partial charge in [-0.3, -0.25) is 9.89 Å². The van der Waals surface area contributed by atoms with E-state index in [1.165, 1.54) is 17.2 Å². The summed E-state index contributed by atoms with van der Waals surface area (Å²) in [6.45, 7) is 4.31. The fourth-order valence-electron chi connectivity index (χ4n) is 4.29. The van der Waals surface area contributed by atoms with Gasteiger partial charge < -0.3 is 15.7 Å². The van der Waals surface area contributed by atoms with Gasteiger partial charge in [-0.15, -0.1) is 24.0 Å². The highest BCUT2D eigenvalue weighted by Gasteiger charge is 2.44. The zero-order valence-corrected chi connectivity index (χ0v) is 21.0. The van der Waals surface area contributed by atoms with Crippen LogP contribution in [-0.4, -0.2) is 48.8 Å². The van der Waals surface area contributed by atoms with E-state index in [4.69, 9.17) is 0 Å². The first-order chi connectivity index (χ1) is 15.1. The van der Waals surface area contributed by atoms with Crippen LogP contribution in [-0.2, 0) is 18.5 Å². The number of piperidine rings is 1. The van der Waals surface area contributed by atoms with Gasteiger partial charge >= 0.3 is 0 Å². The monoisotopic (exact) mass is 552 g/mol. The molecule has 1 heterocycles. The van der Waals surface area contributed by atoms with Crippen LogP contribution >= 0.6 is 24.0 Å². The Morgan fingerprint density at radius 1 is 1.09 bits per heavy atom. The second-order valence-corrected chi connectivity index (χ2v) is 8.89. The number of halogens is 2. The number of nitrogens with one attached hydrogen (secondary N) is 2. The molecule has 0 aromatic heterocycles. The summed E-state index contributed by atoms with van der Waals surface area (Å²) in [5.74, 6) is 0.589. The van der Waals surface area contributed by atoms with Gasteiger partial charge in [-0.2, -0.15) is 0 Å². The van der Waals surface area contributed by atoms with Crippen molar-refractivity contribution >= 4 is 29.9 Å². The molecule has 5 nitrogen and oxygen atoms in total. The Labute approximate surface area is 207 Å². The molecule has 1 aliphatic heterocycles. The Kier molecular flexibility index (Phi) is 8.90. The molecule has 2 aromatic rings. The molecule has 0 unspecified atom stereocenters. The standard InChI is InChI=1S/C25H33FN4O.HI/c1-27-24(29-18-25(11-12-25)21-3-2-4-22(26)15-21)28-16-19-5-7-20(8-6-19)17-30-13-9-23(31)10-14-30;/h2-8,15,23,31H,9-14,16-18H2,1H3,(H2,27,28,29);1H. The van der Waals surface area contributed by atoms with Crippen molar-refractivity contribution in [3.05, 3.63) is 71.0 Å². The fraction of sp³-hybridized carbons (Fsp3) is 0.480. The van der Waals surface area contributed by atoms with Gasteiger partial charge in [0.2, 0.25) is 0 Å². The van der Waals surface area contributed by atoms with Crippen LogP contribution in [0.2, 0.25) is 0 Å². The second-order valence-electron chi connectivity index (χ2n) is 8.89. The van der Waals surface area contributed by atoms with Gasteiger partial charge in [-0.25, -0.2) is 4.39 Å². The molecule has 7 heteroatoms. The van der Waals surface area contributed by atoms with Crippen LogP contribution in [0.3, 0.4) is 0 Å². The highest BCUT2D eigenvalue weighted by atomic mass is 127. The van der Waals surface area contributed by atoms with Crippen LogP contribution in [0.4, 0.5) is 4.39 Å². The maximum absolute atomic E-state index is 13.6. The van der Waals surface area contributed by atoms with E-state index in [0.717, 1.165) is 63.4 Å². The van der Waals surface area contributed by atoms with E-state index in [0.29, 0.717) is 6.54 Å². The molecule has 1 aliphatic carbocycles. The zero-order chi connectivity index (χ0) is 21.7. The molecule has 2 aliphatic rings. The van der Waals surface area contributed by atoms with Crippen molar-refractivity contribution < 1.29 is 9.50 Å². The molecule has 174 valence electrons. The third-order valence-corrected chi connectivity index (χ3v) is 6.55. The lowest BCUT2D eigenvalue weighted by Crippen LogP contribution is -2.40. The summed E-state index contributed by atoms with van der Waals surface area (Å²) < 4.78 is 13.6. The third-order valence-electron chi connectivity index (χ3n) is 6.55. The van der Waals surface area contributed by atoms with Gasteiger partial charge in [-0.1, -0.05) is 36.4 Å². The van der Waals surface area contributed by atoms with E-state index in [1.807, 2.05) is 6.07 Å². The van der Waals surface area contributed by atoms with E-state index in [9.17, 15) is 9.50 Å². The van der Waals surface area contributed by atoms with Crippen molar-refractivity contribution in [2.24, 2.45) is 4.99 Å². The van der Waals surface area contributed by atoms with Crippen LogP contribution in [0.1, 0.15) is 42.4 Å². The van der Waals surface area contributed by atoms with Crippen molar-refractivity contribution in [3.63, 3.8) is 0 Å². The van der Waals surface area contributed by atoms with Crippen LogP contribution in [0, 0.1) is 5.82 Å². The predicted octanol–water partition coefficient (Wildman–Crippen LogP) is 3.80. The van der Waals surface area contributed by atoms with Crippen LogP contribution in [0.5, 0.6) is 0 Å². The molecule has 2 aromatic carbocycles. The summed E-state index contributed by atoms with van der Waals surface area (Å²) in [6, 6.07) is 15.6. The number of nitrogens with zero attached hydrogens (tertiary/aromatic N) is 2. The van der Waals surface area contributed by atoms with Gasteiger partial charge in [0.25, 0.3) is 0 Å². The summed E-state index contributed by atoms with van der Waals surface area (Å²) >= 11 is 0. The van der Waals surface area contributed by atoms with Gasteiger partial charge in [0.1, 0.15) is 5.82 Å². The lowest BCUT2D eigenvalue weighted by Gasteiger charge is -2.29. The summed E-state index contributed by atoms with van der Waals surface area (Å²) in [6.07, 6.45) is 3.75. The molecule has 2 fully saturated rings. The molecule has 0 atom stereocenters. The van der Waals surface area contributed by atoms with Gasteiger partial charge in [-0.05, 0) is 54.5 Å². The van der Waals surface area contributed by atoms with Crippen molar-refractivity contribution in [3.8, 4) is 0 Å². The predicted molar refractivity (Wildman–Crippen MR) is 138 cm³/mol. The number of rotatable bonds is 7. The quantitative estimate of drug-likeness (QED) is 0.278. The smallest absolute Gasteiger partial charge is 0.191 e. The average molecular weight is 552 g/mol. The molecular formula is C25H34FIN4O. The largest absolute Gasteiger partial charge is 0.393 e. The Balaban J connectivity index is 0.00000289. The summed E-state index contributed by atoms with van der Waals surface area (Å²) in [5.41, 5.74) is 3.58. The molecule has 0 radical (unpaired) electrons. The van der Waals surface area contributed by atoms with Crippen molar-refractivity contribution in [1.82, 2.24) is 15.5 Å². The highest BCUT2D eigenvalue weighted by Crippen LogP contribution is 2.47. The number of hydrogen-bond acceptors (Lipinski definition) is 3. The SMILES string of the molecule is CN=C(NCc1ccc(CN2CCC(O)CC2)cc1)NCC1(c2cccc(F)c2)CC1.I. The molecular weight excluding hydrogens is 518 g/mol. The minimum absolute atomic E-state index is 0. The number of aliphatic hydroxyl groups is 1. The minimum atomic E-state index is -0.174. The number of guanidine groups is 1. The minimum Gasteiger partial charge on any atom is -0.393 e. The lowest BCUT2D eigenvalue weighted by molar-refractivity contribution is 0.0792. The summed E-state index contributed by atoms with van der Waals surface area (Å²) in [7, 11) is 1.77. The molecule has 1 saturated carbocycles. The first kappa shape index (κ1) is 24.9. The maximum atomic E-state index is 13.6. The second kappa shape index (κ2) is 11.4. The van der Waals surface area contributed by atoms with Crippen molar-refractivity contribution in [2.45, 2.75) is 50.3 Å². The normalized spacial score (nSPS) is 18.7. The van der Waals surface area contributed by atoms with E-state index >= 15 is 0 Å². The Hall–Kier alpha value is -1.71. The van der Waals surface area contributed by atoms with E-state index in [1.54, 1.807) is 19.2 Å². The van der Waals surface area contributed by atoms with Gasteiger partial charge in [0.05, 0.1) is 6.10 Å².